The summed E-state index contributed by atoms with van der Waals surface area (Å²) < 4.78 is 5.87. The lowest BCUT2D eigenvalue weighted by atomic mass is 10.0. The standard InChI is InChI=1S/C17H20N2O2/c1-11-7-8-12(2)15(9-11)21-10-13-5-3-4-6-14(13)16(18)17(19)20/h3-9,16H,10,18H2,1-2H3,(H2,19,20). The lowest BCUT2D eigenvalue weighted by Gasteiger charge is -2.15. The predicted octanol–water partition coefficient (Wildman–Crippen LogP) is 2.37. The first-order valence-corrected chi connectivity index (χ1v) is 6.82. The minimum absolute atomic E-state index is 0.349. The third-order valence-corrected chi connectivity index (χ3v) is 3.42. The van der Waals surface area contributed by atoms with Gasteiger partial charge >= 0.3 is 0 Å². The molecule has 2 aromatic rings. The van der Waals surface area contributed by atoms with Crippen LogP contribution in [-0.2, 0) is 11.4 Å². The molecule has 0 aliphatic rings. The summed E-state index contributed by atoms with van der Waals surface area (Å²) in [7, 11) is 0. The van der Waals surface area contributed by atoms with Crippen molar-refractivity contribution in [1.82, 2.24) is 0 Å². The fourth-order valence-electron chi connectivity index (χ4n) is 2.14. The van der Waals surface area contributed by atoms with Gasteiger partial charge in [-0.05, 0) is 42.2 Å². The summed E-state index contributed by atoms with van der Waals surface area (Å²) in [5.41, 5.74) is 14.9. The Labute approximate surface area is 124 Å². The number of hydrogen-bond acceptors (Lipinski definition) is 3. The number of primary amides is 1. The molecule has 4 N–H and O–H groups in total. The molecule has 0 spiro atoms. The van der Waals surface area contributed by atoms with E-state index in [0.717, 1.165) is 22.4 Å². The van der Waals surface area contributed by atoms with E-state index in [4.69, 9.17) is 16.2 Å². The Kier molecular flexibility index (Phi) is 4.60. The summed E-state index contributed by atoms with van der Waals surface area (Å²) in [6.07, 6.45) is 0. The lowest BCUT2D eigenvalue weighted by Crippen LogP contribution is -2.29. The zero-order valence-electron chi connectivity index (χ0n) is 12.3. The molecule has 0 aromatic heterocycles. The number of rotatable bonds is 5. The van der Waals surface area contributed by atoms with Crippen molar-refractivity contribution in [3.63, 3.8) is 0 Å². The van der Waals surface area contributed by atoms with E-state index in [2.05, 4.69) is 0 Å². The number of carbonyl (C=O) groups excluding carboxylic acids is 1. The average molecular weight is 284 g/mol. The Morgan fingerprint density at radius 3 is 2.62 bits per heavy atom. The number of amides is 1. The summed E-state index contributed by atoms with van der Waals surface area (Å²) in [4.78, 5) is 11.3. The van der Waals surface area contributed by atoms with Crippen molar-refractivity contribution in [1.29, 1.82) is 0 Å². The molecule has 0 aliphatic heterocycles. The molecular weight excluding hydrogens is 264 g/mol. The predicted molar refractivity (Wildman–Crippen MR) is 82.8 cm³/mol. The van der Waals surface area contributed by atoms with E-state index in [0.29, 0.717) is 12.2 Å². The van der Waals surface area contributed by atoms with Crippen molar-refractivity contribution in [2.24, 2.45) is 11.5 Å². The summed E-state index contributed by atoms with van der Waals surface area (Å²) in [6.45, 7) is 4.36. The van der Waals surface area contributed by atoms with Crippen LogP contribution in [0.1, 0.15) is 28.3 Å². The van der Waals surface area contributed by atoms with Crippen LogP contribution in [0.4, 0.5) is 0 Å². The Bertz CT molecular complexity index is 653. The van der Waals surface area contributed by atoms with E-state index in [1.807, 2.05) is 50.2 Å². The van der Waals surface area contributed by atoms with Gasteiger partial charge in [0.25, 0.3) is 0 Å². The zero-order valence-corrected chi connectivity index (χ0v) is 12.3. The van der Waals surface area contributed by atoms with Crippen LogP contribution in [0.25, 0.3) is 0 Å². The van der Waals surface area contributed by atoms with E-state index in [-0.39, 0.29) is 0 Å². The molecule has 21 heavy (non-hydrogen) atoms. The maximum Gasteiger partial charge on any atom is 0.238 e. The average Bonchev–Trinajstić information content (AvgIpc) is 2.47. The van der Waals surface area contributed by atoms with Gasteiger partial charge in [-0.2, -0.15) is 0 Å². The topological polar surface area (TPSA) is 78.3 Å². The van der Waals surface area contributed by atoms with Gasteiger partial charge in [-0.25, -0.2) is 0 Å². The van der Waals surface area contributed by atoms with Gasteiger partial charge in [0.1, 0.15) is 18.4 Å². The van der Waals surface area contributed by atoms with Crippen LogP contribution in [0.2, 0.25) is 0 Å². The van der Waals surface area contributed by atoms with E-state index >= 15 is 0 Å². The SMILES string of the molecule is Cc1ccc(C)c(OCc2ccccc2C(N)C(N)=O)c1. The quantitative estimate of drug-likeness (QED) is 0.884. The fourth-order valence-corrected chi connectivity index (χ4v) is 2.14. The van der Waals surface area contributed by atoms with Gasteiger partial charge in [-0.15, -0.1) is 0 Å². The normalized spacial score (nSPS) is 12.0. The van der Waals surface area contributed by atoms with Crippen LogP contribution in [0, 0.1) is 13.8 Å². The molecule has 0 bridgehead atoms. The number of carbonyl (C=O) groups is 1. The maximum atomic E-state index is 11.3. The molecule has 4 nitrogen and oxygen atoms in total. The summed E-state index contributed by atoms with van der Waals surface area (Å²) in [5, 5.41) is 0. The smallest absolute Gasteiger partial charge is 0.238 e. The number of benzene rings is 2. The van der Waals surface area contributed by atoms with Gasteiger partial charge in [0.2, 0.25) is 5.91 Å². The van der Waals surface area contributed by atoms with Crippen molar-refractivity contribution in [3.8, 4) is 5.75 Å². The van der Waals surface area contributed by atoms with Crippen LogP contribution < -0.4 is 16.2 Å². The van der Waals surface area contributed by atoms with Crippen LogP contribution in [-0.4, -0.2) is 5.91 Å². The van der Waals surface area contributed by atoms with Crippen molar-refractivity contribution < 1.29 is 9.53 Å². The van der Waals surface area contributed by atoms with E-state index in [9.17, 15) is 4.79 Å². The third kappa shape index (κ3) is 3.61. The van der Waals surface area contributed by atoms with Crippen molar-refractivity contribution in [2.45, 2.75) is 26.5 Å². The Hall–Kier alpha value is -2.33. The number of nitrogens with two attached hydrogens (primary N) is 2. The highest BCUT2D eigenvalue weighted by Crippen LogP contribution is 2.22. The van der Waals surface area contributed by atoms with E-state index in [1.165, 1.54) is 0 Å². The van der Waals surface area contributed by atoms with Gasteiger partial charge in [0.05, 0.1) is 0 Å². The minimum atomic E-state index is -0.816. The highest BCUT2D eigenvalue weighted by atomic mass is 16.5. The molecular formula is C17H20N2O2. The Balaban J connectivity index is 2.20. The molecule has 4 heteroatoms. The van der Waals surface area contributed by atoms with Crippen molar-refractivity contribution in [3.05, 3.63) is 64.7 Å². The molecule has 0 heterocycles. The number of hydrogen-bond donors (Lipinski definition) is 2. The van der Waals surface area contributed by atoms with Gasteiger partial charge in [0, 0.05) is 0 Å². The molecule has 110 valence electrons. The highest BCUT2D eigenvalue weighted by molar-refractivity contribution is 5.81. The van der Waals surface area contributed by atoms with Gasteiger partial charge in [-0.1, -0.05) is 36.4 Å². The maximum absolute atomic E-state index is 11.3. The fraction of sp³-hybridized carbons (Fsp3) is 0.235. The van der Waals surface area contributed by atoms with Crippen LogP contribution in [0.5, 0.6) is 5.75 Å². The molecule has 2 rings (SSSR count). The molecule has 1 atom stereocenters. The van der Waals surface area contributed by atoms with E-state index in [1.54, 1.807) is 6.07 Å². The first-order valence-electron chi connectivity index (χ1n) is 6.82. The van der Waals surface area contributed by atoms with Crippen LogP contribution in [0.15, 0.2) is 42.5 Å². The second-order valence-corrected chi connectivity index (χ2v) is 5.14. The van der Waals surface area contributed by atoms with Gasteiger partial charge in [0.15, 0.2) is 0 Å². The van der Waals surface area contributed by atoms with Gasteiger partial charge in [-0.3, -0.25) is 4.79 Å². The largest absolute Gasteiger partial charge is 0.489 e. The second kappa shape index (κ2) is 6.41. The molecule has 1 unspecified atom stereocenters. The van der Waals surface area contributed by atoms with Crippen molar-refractivity contribution >= 4 is 5.91 Å². The van der Waals surface area contributed by atoms with Crippen LogP contribution in [0.3, 0.4) is 0 Å². The zero-order chi connectivity index (χ0) is 15.4. The molecule has 1 amide bonds. The van der Waals surface area contributed by atoms with Crippen molar-refractivity contribution in [2.75, 3.05) is 0 Å². The first kappa shape index (κ1) is 15.1. The monoisotopic (exact) mass is 284 g/mol. The Morgan fingerprint density at radius 2 is 1.90 bits per heavy atom. The molecule has 0 saturated heterocycles. The highest BCUT2D eigenvalue weighted by Gasteiger charge is 2.16. The lowest BCUT2D eigenvalue weighted by molar-refractivity contribution is -0.119. The third-order valence-electron chi connectivity index (χ3n) is 3.42. The minimum Gasteiger partial charge on any atom is -0.489 e. The number of aryl methyl sites for hydroxylation is 2. The molecule has 0 saturated carbocycles. The molecule has 2 aromatic carbocycles. The van der Waals surface area contributed by atoms with Crippen LogP contribution >= 0.6 is 0 Å². The molecule has 0 aliphatic carbocycles. The summed E-state index contributed by atoms with van der Waals surface area (Å²) in [5.74, 6) is 0.284. The first-order chi connectivity index (χ1) is 9.99. The van der Waals surface area contributed by atoms with Gasteiger partial charge < -0.3 is 16.2 Å². The molecule has 0 fully saturated rings. The second-order valence-electron chi connectivity index (χ2n) is 5.14. The number of ether oxygens (including phenoxy) is 1. The van der Waals surface area contributed by atoms with E-state index < -0.39 is 11.9 Å². The summed E-state index contributed by atoms with van der Waals surface area (Å²) in [6, 6.07) is 12.7. The Morgan fingerprint density at radius 1 is 1.19 bits per heavy atom. The molecule has 0 radical (unpaired) electrons. The summed E-state index contributed by atoms with van der Waals surface area (Å²) >= 11 is 0.